The van der Waals surface area contributed by atoms with E-state index in [0.717, 1.165) is 5.69 Å². The van der Waals surface area contributed by atoms with E-state index < -0.39 is 10.0 Å². The van der Waals surface area contributed by atoms with Crippen LogP contribution in [-0.4, -0.2) is 30.7 Å². The first-order chi connectivity index (χ1) is 12.2. The Labute approximate surface area is 158 Å². The summed E-state index contributed by atoms with van der Waals surface area (Å²) in [7, 11) is -1.80. The topological polar surface area (TPSA) is 93.1 Å². The summed E-state index contributed by atoms with van der Waals surface area (Å²) in [4.78, 5) is 12.2. The number of aromatic nitrogens is 2. The van der Waals surface area contributed by atoms with Gasteiger partial charge >= 0.3 is 0 Å². The van der Waals surface area contributed by atoms with E-state index in [1.54, 1.807) is 20.0 Å². The van der Waals surface area contributed by atoms with E-state index >= 15 is 0 Å². The first kappa shape index (κ1) is 20.2. The summed E-state index contributed by atoms with van der Waals surface area (Å²) in [6.07, 6.45) is 3.65. The maximum atomic E-state index is 12.0. The monoisotopic (exact) mass is 396 g/mol. The Morgan fingerprint density at radius 1 is 1.31 bits per heavy atom. The molecule has 0 unspecified atom stereocenters. The SMILES string of the molecule is CCCNS(=O)(=O)c1ccc(NC(=O)/C=C/c2c(C)nn(C)c2Cl)cc1. The minimum absolute atomic E-state index is 0.150. The normalized spacial score (nSPS) is 11.8. The molecule has 0 spiro atoms. The van der Waals surface area contributed by atoms with Crippen molar-refractivity contribution in [1.29, 1.82) is 0 Å². The number of nitrogens with zero attached hydrogens (tertiary/aromatic N) is 2. The molecular weight excluding hydrogens is 376 g/mol. The van der Waals surface area contributed by atoms with Gasteiger partial charge in [0.05, 0.1) is 10.6 Å². The Morgan fingerprint density at radius 3 is 2.50 bits per heavy atom. The van der Waals surface area contributed by atoms with Crippen LogP contribution in [0.25, 0.3) is 6.08 Å². The molecule has 2 N–H and O–H groups in total. The predicted octanol–water partition coefficient (Wildman–Crippen LogP) is 2.72. The van der Waals surface area contributed by atoms with Crippen molar-refractivity contribution in [3.8, 4) is 0 Å². The zero-order valence-electron chi connectivity index (χ0n) is 14.8. The van der Waals surface area contributed by atoms with Crippen LogP contribution in [0, 0.1) is 6.92 Å². The Balaban J connectivity index is 2.04. The molecule has 2 rings (SSSR count). The Hall–Kier alpha value is -2.16. The average Bonchev–Trinajstić information content (AvgIpc) is 2.84. The van der Waals surface area contributed by atoms with Gasteiger partial charge in [-0.1, -0.05) is 18.5 Å². The minimum atomic E-state index is -3.52. The number of carbonyl (C=O) groups excluding carboxylic acids is 1. The lowest BCUT2D eigenvalue weighted by Crippen LogP contribution is -2.24. The van der Waals surface area contributed by atoms with E-state index in [9.17, 15) is 13.2 Å². The summed E-state index contributed by atoms with van der Waals surface area (Å²) in [5, 5.41) is 7.28. The van der Waals surface area contributed by atoms with Crippen LogP contribution < -0.4 is 10.0 Å². The van der Waals surface area contributed by atoms with Crippen LogP contribution in [0.4, 0.5) is 5.69 Å². The van der Waals surface area contributed by atoms with Crippen LogP contribution >= 0.6 is 11.6 Å². The highest BCUT2D eigenvalue weighted by Crippen LogP contribution is 2.20. The number of rotatable bonds is 7. The highest BCUT2D eigenvalue weighted by atomic mass is 35.5. The number of carbonyl (C=O) groups is 1. The molecule has 1 heterocycles. The zero-order chi connectivity index (χ0) is 19.3. The maximum Gasteiger partial charge on any atom is 0.248 e. The lowest BCUT2D eigenvalue weighted by molar-refractivity contribution is -0.111. The highest BCUT2D eigenvalue weighted by Gasteiger charge is 2.13. The summed E-state index contributed by atoms with van der Waals surface area (Å²) >= 11 is 6.11. The van der Waals surface area contributed by atoms with Gasteiger partial charge in [0, 0.05) is 30.9 Å². The van der Waals surface area contributed by atoms with Gasteiger partial charge in [-0.2, -0.15) is 5.10 Å². The van der Waals surface area contributed by atoms with E-state index in [1.807, 2.05) is 6.92 Å². The molecule has 2 aromatic rings. The summed E-state index contributed by atoms with van der Waals surface area (Å²) in [5.74, 6) is -0.357. The van der Waals surface area contributed by atoms with Gasteiger partial charge in [-0.3, -0.25) is 9.48 Å². The number of benzene rings is 1. The van der Waals surface area contributed by atoms with Gasteiger partial charge in [0.2, 0.25) is 15.9 Å². The number of amides is 1. The molecule has 1 aromatic heterocycles. The molecule has 0 saturated carbocycles. The Kier molecular flexibility index (Phi) is 6.57. The van der Waals surface area contributed by atoms with Gasteiger partial charge in [0.1, 0.15) is 5.15 Å². The molecule has 0 aliphatic rings. The van der Waals surface area contributed by atoms with Gasteiger partial charge in [-0.05, 0) is 43.7 Å². The van der Waals surface area contributed by atoms with Gasteiger partial charge in [0.15, 0.2) is 0 Å². The predicted molar refractivity (Wildman–Crippen MR) is 103 cm³/mol. The van der Waals surface area contributed by atoms with E-state index in [-0.39, 0.29) is 10.8 Å². The van der Waals surface area contributed by atoms with Crippen LogP contribution in [0.3, 0.4) is 0 Å². The van der Waals surface area contributed by atoms with Crippen LogP contribution in [0.15, 0.2) is 35.2 Å². The average molecular weight is 397 g/mol. The van der Waals surface area contributed by atoms with Crippen molar-refractivity contribution in [2.75, 3.05) is 11.9 Å². The summed E-state index contributed by atoms with van der Waals surface area (Å²) in [6.45, 7) is 4.06. The van der Waals surface area contributed by atoms with Crippen molar-refractivity contribution >= 4 is 39.3 Å². The molecule has 1 aromatic carbocycles. The van der Waals surface area contributed by atoms with E-state index in [2.05, 4.69) is 15.1 Å². The number of hydrogen-bond acceptors (Lipinski definition) is 4. The molecule has 0 bridgehead atoms. The quantitative estimate of drug-likeness (QED) is 0.703. The largest absolute Gasteiger partial charge is 0.323 e. The van der Waals surface area contributed by atoms with Gasteiger partial charge in [0.25, 0.3) is 0 Å². The molecule has 0 aliphatic carbocycles. The summed E-state index contributed by atoms with van der Waals surface area (Å²) in [6, 6.07) is 5.96. The standard InChI is InChI=1S/C17H21ClN4O3S/c1-4-11-19-26(24,25)14-7-5-13(6-8-14)20-16(23)10-9-15-12(2)21-22(3)17(15)18/h5-10,19H,4,11H2,1-3H3,(H,20,23)/b10-9+. The fraction of sp³-hybridized carbons (Fsp3) is 0.294. The highest BCUT2D eigenvalue weighted by molar-refractivity contribution is 7.89. The molecule has 26 heavy (non-hydrogen) atoms. The third-order valence-electron chi connectivity index (χ3n) is 3.57. The zero-order valence-corrected chi connectivity index (χ0v) is 16.4. The Morgan fingerprint density at radius 2 is 1.96 bits per heavy atom. The second kappa shape index (κ2) is 8.48. The third-order valence-corrected chi connectivity index (χ3v) is 5.50. The minimum Gasteiger partial charge on any atom is -0.323 e. The molecule has 0 atom stereocenters. The molecule has 0 fully saturated rings. The van der Waals surface area contributed by atoms with Gasteiger partial charge < -0.3 is 5.32 Å². The van der Waals surface area contributed by atoms with Crippen molar-refractivity contribution in [2.45, 2.75) is 25.2 Å². The number of hydrogen-bond donors (Lipinski definition) is 2. The first-order valence-corrected chi connectivity index (χ1v) is 9.88. The van der Waals surface area contributed by atoms with E-state index in [4.69, 9.17) is 11.6 Å². The van der Waals surface area contributed by atoms with Crippen LogP contribution in [0.1, 0.15) is 24.6 Å². The second-order valence-electron chi connectivity index (χ2n) is 5.66. The van der Waals surface area contributed by atoms with Crippen molar-refractivity contribution in [3.63, 3.8) is 0 Å². The molecule has 1 amide bonds. The van der Waals surface area contributed by atoms with Crippen LogP contribution in [-0.2, 0) is 21.9 Å². The molecule has 0 saturated heterocycles. The van der Waals surface area contributed by atoms with Gasteiger partial charge in [-0.25, -0.2) is 13.1 Å². The van der Waals surface area contributed by atoms with Crippen molar-refractivity contribution in [3.05, 3.63) is 46.8 Å². The molecular formula is C17H21ClN4O3S. The smallest absolute Gasteiger partial charge is 0.248 e. The van der Waals surface area contributed by atoms with Gasteiger partial charge in [-0.15, -0.1) is 0 Å². The second-order valence-corrected chi connectivity index (χ2v) is 7.78. The molecule has 0 aliphatic heterocycles. The molecule has 0 radical (unpaired) electrons. The summed E-state index contributed by atoms with van der Waals surface area (Å²) < 4.78 is 28.1. The van der Waals surface area contributed by atoms with Crippen LogP contribution in [0.2, 0.25) is 5.15 Å². The summed E-state index contributed by atoms with van der Waals surface area (Å²) in [5.41, 5.74) is 1.88. The van der Waals surface area contributed by atoms with E-state index in [0.29, 0.717) is 29.4 Å². The van der Waals surface area contributed by atoms with Crippen LogP contribution in [0.5, 0.6) is 0 Å². The van der Waals surface area contributed by atoms with E-state index in [1.165, 1.54) is 35.0 Å². The molecule has 140 valence electrons. The molecule has 7 nitrogen and oxygen atoms in total. The maximum absolute atomic E-state index is 12.0. The fourth-order valence-corrected chi connectivity index (χ4v) is 3.59. The molecule has 9 heteroatoms. The number of anilines is 1. The third kappa shape index (κ3) is 4.94. The fourth-order valence-electron chi connectivity index (χ4n) is 2.22. The van der Waals surface area contributed by atoms with Crippen molar-refractivity contribution in [1.82, 2.24) is 14.5 Å². The number of sulfonamides is 1. The first-order valence-electron chi connectivity index (χ1n) is 8.02. The lowest BCUT2D eigenvalue weighted by Gasteiger charge is -2.07. The Bertz CT molecular complexity index is 918. The number of nitrogens with one attached hydrogen (secondary N) is 2. The van der Waals surface area contributed by atoms with Crippen molar-refractivity contribution < 1.29 is 13.2 Å². The van der Waals surface area contributed by atoms with Crippen molar-refractivity contribution in [2.24, 2.45) is 7.05 Å². The number of halogens is 1. The lowest BCUT2D eigenvalue weighted by atomic mass is 10.2. The number of aryl methyl sites for hydroxylation is 2.